The molecule has 0 saturated heterocycles. The fraction of sp³-hybridized carbons (Fsp3) is 0.176. The largest absolute Gasteiger partial charge is 0.467 e. The first kappa shape index (κ1) is 16.6. The van der Waals surface area contributed by atoms with Crippen LogP contribution < -0.4 is 5.32 Å². The van der Waals surface area contributed by atoms with Crippen LogP contribution in [0, 0.1) is 6.92 Å². The number of nitrogens with zero attached hydrogens (tertiary/aromatic N) is 2. The van der Waals surface area contributed by atoms with Crippen LogP contribution >= 0.6 is 23.2 Å². The van der Waals surface area contributed by atoms with Gasteiger partial charge in [-0.15, -0.1) is 0 Å². The van der Waals surface area contributed by atoms with E-state index in [2.05, 4.69) is 10.4 Å². The van der Waals surface area contributed by atoms with E-state index in [-0.39, 0.29) is 17.6 Å². The van der Waals surface area contributed by atoms with Gasteiger partial charge in [-0.25, -0.2) is 4.68 Å². The number of halogens is 2. The quantitative estimate of drug-likeness (QED) is 0.743. The Hall–Kier alpha value is -2.24. The number of carbonyl (C=O) groups is 1. The molecule has 0 radical (unpaired) electrons. The summed E-state index contributed by atoms with van der Waals surface area (Å²) in [6.45, 7) is 2.43. The van der Waals surface area contributed by atoms with Gasteiger partial charge in [0.15, 0.2) is 0 Å². The summed E-state index contributed by atoms with van der Waals surface area (Å²) in [5.41, 5.74) is 1.80. The number of hydrogen-bond acceptors (Lipinski definition) is 3. The van der Waals surface area contributed by atoms with Gasteiger partial charge in [0, 0.05) is 5.02 Å². The van der Waals surface area contributed by atoms with Crippen LogP contribution in [0.1, 0.15) is 27.4 Å². The zero-order chi connectivity index (χ0) is 17.1. The predicted octanol–water partition coefficient (Wildman–Crippen LogP) is 4.07. The molecule has 0 fully saturated rings. The molecule has 24 heavy (non-hydrogen) atoms. The van der Waals surface area contributed by atoms with Crippen molar-refractivity contribution < 1.29 is 9.21 Å². The van der Waals surface area contributed by atoms with Gasteiger partial charge >= 0.3 is 0 Å². The van der Waals surface area contributed by atoms with E-state index in [9.17, 15) is 4.79 Å². The molecule has 0 aliphatic carbocycles. The fourth-order valence-electron chi connectivity index (χ4n) is 2.37. The topological polar surface area (TPSA) is 60.1 Å². The van der Waals surface area contributed by atoms with Gasteiger partial charge in [-0.05, 0) is 30.7 Å². The minimum Gasteiger partial charge on any atom is -0.467 e. The smallest absolute Gasteiger partial charge is 0.256 e. The average molecular weight is 364 g/mol. The first-order valence-corrected chi connectivity index (χ1v) is 8.08. The normalized spacial score (nSPS) is 10.8. The van der Waals surface area contributed by atoms with Gasteiger partial charge in [-0.3, -0.25) is 4.79 Å². The van der Waals surface area contributed by atoms with Gasteiger partial charge in [0.1, 0.15) is 10.9 Å². The molecule has 0 aliphatic rings. The van der Waals surface area contributed by atoms with Crippen molar-refractivity contribution in [2.75, 3.05) is 0 Å². The third-order valence-electron chi connectivity index (χ3n) is 3.57. The summed E-state index contributed by atoms with van der Waals surface area (Å²) < 4.78 is 6.76. The van der Waals surface area contributed by atoms with Crippen molar-refractivity contribution in [1.82, 2.24) is 15.1 Å². The summed E-state index contributed by atoms with van der Waals surface area (Å²) in [5, 5.41) is 8.04. The number of benzene rings is 1. The molecule has 2 heterocycles. The first-order chi connectivity index (χ1) is 11.6. The van der Waals surface area contributed by atoms with Crippen molar-refractivity contribution in [2.45, 2.75) is 20.0 Å². The minimum atomic E-state index is -0.292. The van der Waals surface area contributed by atoms with Crippen molar-refractivity contribution >= 4 is 29.1 Å². The number of aryl methyl sites for hydroxylation is 1. The number of nitrogens with one attached hydrogen (secondary N) is 1. The highest BCUT2D eigenvalue weighted by Crippen LogP contribution is 2.23. The molecule has 1 amide bonds. The number of furan rings is 1. The van der Waals surface area contributed by atoms with Crippen LogP contribution in [0.25, 0.3) is 0 Å². The van der Waals surface area contributed by atoms with Crippen LogP contribution in [0.15, 0.2) is 47.1 Å². The monoisotopic (exact) mass is 363 g/mol. The Bertz CT molecular complexity index is 857. The molecule has 3 aromatic rings. The van der Waals surface area contributed by atoms with Crippen LogP contribution in [0.4, 0.5) is 0 Å². The van der Waals surface area contributed by atoms with Gasteiger partial charge in [0.2, 0.25) is 0 Å². The molecule has 3 rings (SSSR count). The highest BCUT2D eigenvalue weighted by Gasteiger charge is 2.20. The summed E-state index contributed by atoms with van der Waals surface area (Å²) in [7, 11) is 0. The Labute approximate surface area is 149 Å². The zero-order valence-corrected chi connectivity index (χ0v) is 14.4. The molecule has 2 aromatic heterocycles. The second kappa shape index (κ2) is 7.11. The molecule has 0 aliphatic heterocycles. The highest BCUT2D eigenvalue weighted by molar-refractivity contribution is 6.33. The Morgan fingerprint density at radius 3 is 2.75 bits per heavy atom. The molecule has 0 unspecified atom stereocenters. The van der Waals surface area contributed by atoms with Crippen molar-refractivity contribution in [3.05, 3.63) is 75.4 Å². The summed E-state index contributed by atoms with van der Waals surface area (Å²) >= 11 is 12.5. The molecule has 0 spiro atoms. The maximum atomic E-state index is 12.4. The third-order valence-corrected chi connectivity index (χ3v) is 4.33. The van der Waals surface area contributed by atoms with E-state index in [0.29, 0.717) is 28.6 Å². The van der Waals surface area contributed by atoms with Crippen LogP contribution in [0.3, 0.4) is 0 Å². The first-order valence-electron chi connectivity index (χ1n) is 7.33. The van der Waals surface area contributed by atoms with Crippen LogP contribution in [0.2, 0.25) is 10.2 Å². The molecular formula is C17H15Cl2N3O2. The second-order valence-corrected chi connectivity index (χ2v) is 6.03. The van der Waals surface area contributed by atoms with Crippen LogP contribution in [-0.4, -0.2) is 15.7 Å². The molecule has 0 atom stereocenters. The number of carbonyl (C=O) groups excluding carboxylic acids is 1. The summed E-state index contributed by atoms with van der Waals surface area (Å²) in [4.78, 5) is 12.4. The lowest BCUT2D eigenvalue weighted by Gasteiger charge is -2.06. The van der Waals surface area contributed by atoms with E-state index in [1.807, 2.05) is 18.2 Å². The molecule has 1 aromatic carbocycles. The van der Waals surface area contributed by atoms with E-state index in [0.717, 1.165) is 5.56 Å². The lowest BCUT2D eigenvalue weighted by atomic mass is 10.2. The van der Waals surface area contributed by atoms with Crippen molar-refractivity contribution in [3.63, 3.8) is 0 Å². The lowest BCUT2D eigenvalue weighted by molar-refractivity contribution is 0.0947. The molecule has 7 heteroatoms. The SMILES string of the molecule is Cc1nn(Cc2ccccc2Cl)c(Cl)c1C(=O)NCc1ccco1. The highest BCUT2D eigenvalue weighted by atomic mass is 35.5. The van der Waals surface area contributed by atoms with Crippen LogP contribution in [0.5, 0.6) is 0 Å². The van der Waals surface area contributed by atoms with Crippen LogP contribution in [-0.2, 0) is 13.1 Å². The Morgan fingerprint density at radius 2 is 2.04 bits per heavy atom. The van der Waals surface area contributed by atoms with Crippen molar-refractivity contribution in [3.8, 4) is 0 Å². The molecular weight excluding hydrogens is 349 g/mol. The van der Waals surface area contributed by atoms with E-state index in [1.165, 1.54) is 0 Å². The molecule has 124 valence electrons. The number of hydrogen-bond donors (Lipinski definition) is 1. The number of aromatic nitrogens is 2. The van der Waals surface area contributed by atoms with Gasteiger partial charge in [0.05, 0.1) is 30.6 Å². The molecule has 0 bridgehead atoms. The van der Waals surface area contributed by atoms with E-state index in [1.54, 1.807) is 36.1 Å². The van der Waals surface area contributed by atoms with E-state index in [4.69, 9.17) is 27.6 Å². The maximum absolute atomic E-state index is 12.4. The van der Waals surface area contributed by atoms with Gasteiger partial charge < -0.3 is 9.73 Å². The summed E-state index contributed by atoms with van der Waals surface area (Å²) in [6.07, 6.45) is 1.56. The Kier molecular flexibility index (Phi) is 4.92. The minimum absolute atomic E-state index is 0.282. The molecule has 1 N–H and O–H groups in total. The van der Waals surface area contributed by atoms with Gasteiger partial charge in [-0.1, -0.05) is 41.4 Å². The zero-order valence-electron chi connectivity index (χ0n) is 12.9. The van der Waals surface area contributed by atoms with Gasteiger partial charge in [0.25, 0.3) is 5.91 Å². The van der Waals surface area contributed by atoms with Crippen molar-refractivity contribution in [1.29, 1.82) is 0 Å². The molecule has 5 nitrogen and oxygen atoms in total. The Balaban J connectivity index is 1.78. The average Bonchev–Trinajstić information content (AvgIpc) is 3.16. The fourth-order valence-corrected chi connectivity index (χ4v) is 2.89. The maximum Gasteiger partial charge on any atom is 0.256 e. The Morgan fingerprint density at radius 1 is 1.25 bits per heavy atom. The molecule has 0 saturated carbocycles. The lowest BCUT2D eigenvalue weighted by Crippen LogP contribution is -2.23. The van der Waals surface area contributed by atoms with Crippen molar-refractivity contribution in [2.24, 2.45) is 0 Å². The van der Waals surface area contributed by atoms with E-state index >= 15 is 0 Å². The summed E-state index contributed by atoms with van der Waals surface area (Å²) in [5.74, 6) is 0.375. The third kappa shape index (κ3) is 3.47. The van der Waals surface area contributed by atoms with Gasteiger partial charge in [-0.2, -0.15) is 5.10 Å². The second-order valence-electron chi connectivity index (χ2n) is 5.26. The number of amides is 1. The van der Waals surface area contributed by atoms with E-state index < -0.39 is 0 Å². The number of rotatable bonds is 5. The predicted molar refractivity (Wildman–Crippen MR) is 92.4 cm³/mol. The standard InChI is InChI=1S/C17H15Cl2N3O2/c1-11-15(17(23)20-9-13-6-4-8-24-13)16(19)22(21-11)10-12-5-2-3-7-14(12)18/h2-8H,9-10H2,1H3,(H,20,23). The summed E-state index contributed by atoms with van der Waals surface area (Å²) in [6, 6.07) is 11.0.